The second-order valence-corrected chi connectivity index (χ2v) is 3.52. The maximum Gasteiger partial charge on any atom is 0.220 e. The Kier molecular flexibility index (Phi) is 3.31. The molecule has 2 N–H and O–H groups in total. The largest absolute Gasteiger partial charge is 0.368 e. The molecule has 1 aromatic rings. The van der Waals surface area contributed by atoms with E-state index >= 15 is 0 Å². The summed E-state index contributed by atoms with van der Waals surface area (Å²) < 4.78 is 0.777. The highest BCUT2D eigenvalue weighted by Crippen LogP contribution is 2.18. The zero-order chi connectivity index (χ0) is 8.97. The number of nitrogens with zero attached hydrogens (tertiary/aromatic N) is 3. The molecule has 1 aromatic heterocycles. The maximum atomic E-state index is 8.31. The molecule has 0 radical (unpaired) electrons. The third-order valence-electron chi connectivity index (χ3n) is 1.11. The van der Waals surface area contributed by atoms with Gasteiger partial charge in [-0.25, -0.2) is 9.97 Å². The van der Waals surface area contributed by atoms with Crippen LogP contribution in [-0.2, 0) is 5.75 Å². The molecule has 0 spiro atoms. The summed E-state index contributed by atoms with van der Waals surface area (Å²) in [6, 6.07) is 0. The predicted octanol–water partition coefficient (Wildman–Crippen LogP) is 1.54. The van der Waals surface area contributed by atoms with Crippen LogP contribution in [0.15, 0.2) is 10.7 Å². The molecule has 12 heavy (non-hydrogen) atoms. The van der Waals surface area contributed by atoms with Crippen molar-refractivity contribution < 1.29 is 0 Å². The molecule has 0 aliphatic heterocycles. The topological polar surface area (TPSA) is 75.6 Å². The van der Waals surface area contributed by atoms with Crippen LogP contribution in [0.1, 0.15) is 5.69 Å². The zero-order valence-corrected chi connectivity index (χ0v) is 8.39. The Labute approximate surface area is 82.3 Å². The summed E-state index contributed by atoms with van der Waals surface area (Å²) in [7, 11) is 0. The molecule has 0 aliphatic carbocycles. The summed E-state index contributed by atoms with van der Waals surface area (Å²) in [6.07, 6.45) is 1.58. The van der Waals surface area contributed by atoms with E-state index in [9.17, 15) is 0 Å². The van der Waals surface area contributed by atoms with E-state index < -0.39 is 0 Å². The van der Waals surface area contributed by atoms with Gasteiger partial charge < -0.3 is 5.73 Å². The molecule has 62 valence electrons. The monoisotopic (exact) mass is 244 g/mol. The van der Waals surface area contributed by atoms with E-state index in [4.69, 9.17) is 11.0 Å². The van der Waals surface area contributed by atoms with Crippen LogP contribution < -0.4 is 5.73 Å². The lowest BCUT2D eigenvalue weighted by Crippen LogP contribution is -1.98. The predicted molar refractivity (Wildman–Crippen MR) is 51.1 cm³/mol. The number of thioether (sulfide) groups is 1. The lowest BCUT2D eigenvalue weighted by atomic mass is 10.5. The third-order valence-corrected chi connectivity index (χ3v) is 2.32. The fourth-order valence-electron chi connectivity index (χ4n) is 0.620. The Bertz CT molecular complexity index is 322. The normalized spacial score (nSPS) is 9.33. The molecule has 6 heteroatoms. The molecule has 4 nitrogen and oxygen atoms in total. The first kappa shape index (κ1) is 9.29. The van der Waals surface area contributed by atoms with Gasteiger partial charge in [0.15, 0.2) is 0 Å². The molecule has 0 aliphatic rings. The number of hydrogen-bond donors (Lipinski definition) is 1. The van der Waals surface area contributed by atoms with Crippen LogP contribution in [-0.4, -0.2) is 9.97 Å². The Morgan fingerprint density at radius 3 is 3.17 bits per heavy atom. The van der Waals surface area contributed by atoms with Crippen LogP contribution >= 0.6 is 27.7 Å². The quantitative estimate of drug-likeness (QED) is 0.799. The fraction of sp³-hybridized carbons (Fsp3) is 0.167. The van der Waals surface area contributed by atoms with Crippen molar-refractivity contribution in [3.8, 4) is 5.40 Å². The van der Waals surface area contributed by atoms with Gasteiger partial charge in [-0.2, -0.15) is 5.26 Å². The number of nitriles is 1. The lowest BCUT2D eigenvalue weighted by molar-refractivity contribution is 1.09. The van der Waals surface area contributed by atoms with Gasteiger partial charge in [-0.15, -0.1) is 0 Å². The smallest absolute Gasteiger partial charge is 0.220 e. The second-order valence-electron chi connectivity index (χ2n) is 1.90. The minimum absolute atomic E-state index is 0.228. The number of anilines is 1. The van der Waals surface area contributed by atoms with Crippen molar-refractivity contribution >= 4 is 33.6 Å². The number of aromatic nitrogens is 2. The van der Waals surface area contributed by atoms with E-state index in [1.807, 2.05) is 5.40 Å². The van der Waals surface area contributed by atoms with E-state index in [0.717, 1.165) is 21.9 Å². The van der Waals surface area contributed by atoms with Crippen LogP contribution in [0.25, 0.3) is 0 Å². The standard InChI is InChI=1S/C6H5BrN4S/c7-4-1-10-6(9)11-5(4)2-12-3-8/h1H,2H2,(H2,9,10,11). The molecule has 0 amide bonds. The summed E-state index contributed by atoms with van der Waals surface area (Å²) >= 11 is 4.37. The molecular formula is C6H5BrN4S. The van der Waals surface area contributed by atoms with Gasteiger partial charge in [0, 0.05) is 6.20 Å². The fourth-order valence-corrected chi connectivity index (χ4v) is 1.56. The minimum Gasteiger partial charge on any atom is -0.368 e. The molecule has 1 heterocycles. The molecule has 0 aromatic carbocycles. The summed E-state index contributed by atoms with van der Waals surface area (Å²) in [4.78, 5) is 7.73. The van der Waals surface area contributed by atoms with Gasteiger partial charge in [0.25, 0.3) is 0 Å². The highest BCUT2D eigenvalue weighted by atomic mass is 79.9. The van der Waals surface area contributed by atoms with Crippen LogP contribution in [0.3, 0.4) is 0 Å². The van der Waals surface area contributed by atoms with E-state index in [-0.39, 0.29) is 5.95 Å². The minimum atomic E-state index is 0.228. The molecule has 0 saturated carbocycles. The van der Waals surface area contributed by atoms with Gasteiger partial charge in [0.2, 0.25) is 5.95 Å². The Hall–Kier alpha value is -0.800. The van der Waals surface area contributed by atoms with Crippen molar-refractivity contribution in [1.29, 1.82) is 5.26 Å². The third kappa shape index (κ3) is 2.36. The van der Waals surface area contributed by atoms with Gasteiger partial charge in [-0.3, -0.25) is 0 Å². The van der Waals surface area contributed by atoms with Crippen LogP contribution in [0.4, 0.5) is 5.95 Å². The van der Waals surface area contributed by atoms with E-state index in [2.05, 4.69) is 25.9 Å². The number of rotatable bonds is 2. The van der Waals surface area contributed by atoms with Crippen molar-refractivity contribution in [2.45, 2.75) is 5.75 Å². The summed E-state index contributed by atoms with van der Waals surface area (Å²) in [5, 5.41) is 10.3. The average molecular weight is 245 g/mol. The molecule has 0 fully saturated rings. The number of halogens is 1. The van der Waals surface area contributed by atoms with Gasteiger partial charge in [-0.05, 0) is 27.7 Å². The van der Waals surface area contributed by atoms with Crippen molar-refractivity contribution in [3.63, 3.8) is 0 Å². The number of thiocyanates is 1. The highest BCUT2D eigenvalue weighted by Gasteiger charge is 2.02. The van der Waals surface area contributed by atoms with E-state index in [1.54, 1.807) is 6.20 Å². The summed E-state index contributed by atoms with van der Waals surface area (Å²) in [5.74, 6) is 0.746. The first-order valence-corrected chi connectivity index (χ1v) is 4.79. The van der Waals surface area contributed by atoms with E-state index in [1.165, 1.54) is 0 Å². The van der Waals surface area contributed by atoms with Crippen molar-refractivity contribution in [3.05, 3.63) is 16.4 Å². The van der Waals surface area contributed by atoms with Crippen LogP contribution in [0.5, 0.6) is 0 Å². The first-order valence-electron chi connectivity index (χ1n) is 3.02. The molecule has 1 rings (SSSR count). The zero-order valence-electron chi connectivity index (χ0n) is 5.99. The summed E-state index contributed by atoms with van der Waals surface area (Å²) in [6.45, 7) is 0. The average Bonchev–Trinajstić information content (AvgIpc) is 2.07. The van der Waals surface area contributed by atoms with Gasteiger partial charge >= 0.3 is 0 Å². The molecule has 0 saturated heterocycles. The molecule has 0 unspecified atom stereocenters. The Balaban J connectivity index is 2.84. The van der Waals surface area contributed by atoms with Gasteiger partial charge in [-0.1, -0.05) is 0 Å². The SMILES string of the molecule is N#CSCc1nc(N)ncc1Br. The number of nitrogens with two attached hydrogens (primary N) is 1. The van der Waals surface area contributed by atoms with E-state index in [0.29, 0.717) is 5.75 Å². The number of nitrogen functional groups attached to an aromatic ring is 1. The van der Waals surface area contributed by atoms with Gasteiger partial charge in [0.1, 0.15) is 5.40 Å². The Morgan fingerprint density at radius 1 is 1.75 bits per heavy atom. The summed E-state index contributed by atoms with van der Waals surface area (Å²) in [5.41, 5.74) is 6.11. The maximum absolute atomic E-state index is 8.31. The lowest BCUT2D eigenvalue weighted by Gasteiger charge is -1.99. The molecule has 0 bridgehead atoms. The van der Waals surface area contributed by atoms with Crippen molar-refractivity contribution in [1.82, 2.24) is 9.97 Å². The van der Waals surface area contributed by atoms with Gasteiger partial charge in [0.05, 0.1) is 15.9 Å². The Morgan fingerprint density at radius 2 is 2.50 bits per heavy atom. The van der Waals surface area contributed by atoms with Crippen molar-refractivity contribution in [2.75, 3.05) is 5.73 Å². The first-order chi connectivity index (χ1) is 5.74. The number of hydrogen-bond acceptors (Lipinski definition) is 5. The molecular weight excluding hydrogens is 240 g/mol. The van der Waals surface area contributed by atoms with Crippen LogP contribution in [0.2, 0.25) is 0 Å². The van der Waals surface area contributed by atoms with Crippen molar-refractivity contribution in [2.24, 2.45) is 0 Å². The highest BCUT2D eigenvalue weighted by molar-refractivity contribution is 9.10. The van der Waals surface area contributed by atoms with Crippen LogP contribution in [0, 0.1) is 10.7 Å². The molecule has 0 atom stereocenters. The second kappa shape index (κ2) is 4.28.